The Bertz CT molecular complexity index is 919. The Hall–Kier alpha value is -3.02. The van der Waals surface area contributed by atoms with Crippen LogP contribution in [-0.2, 0) is 11.3 Å². The van der Waals surface area contributed by atoms with Crippen LogP contribution in [-0.4, -0.2) is 46.7 Å². The van der Waals surface area contributed by atoms with E-state index in [2.05, 4.69) is 4.98 Å². The van der Waals surface area contributed by atoms with E-state index in [0.29, 0.717) is 37.7 Å². The van der Waals surface area contributed by atoms with Crippen LogP contribution in [0.15, 0.2) is 53.1 Å². The topological polar surface area (TPSA) is 69.6 Å². The number of furan rings is 1. The van der Waals surface area contributed by atoms with Crippen LogP contribution >= 0.6 is 0 Å². The van der Waals surface area contributed by atoms with E-state index in [4.69, 9.17) is 4.42 Å². The first-order valence-electron chi connectivity index (χ1n) is 9.73. The molecule has 1 N–H and O–H groups in total. The molecule has 6 nitrogen and oxygen atoms in total. The van der Waals surface area contributed by atoms with Crippen molar-refractivity contribution in [1.82, 2.24) is 14.8 Å². The summed E-state index contributed by atoms with van der Waals surface area (Å²) in [6, 6.07) is 13.5. The number of rotatable bonds is 5. The molecule has 2 aromatic heterocycles. The molecule has 1 fully saturated rings. The van der Waals surface area contributed by atoms with Crippen LogP contribution in [0.1, 0.15) is 35.5 Å². The van der Waals surface area contributed by atoms with Crippen LogP contribution in [0.5, 0.6) is 0 Å². The summed E-state index contributed by atoms with van der Waals surface area (Å²) >= 11 is 0. The number of amides is 2. The van der Waals surface area contributed by atoms with Gasteiger partial charge in [-0.15, -0.1) is 0 Å². The predicted molar refractivity (Wildman–Crippen MR) is 107 cm³/mol. The number of carbonyl (C=O) groups excluding carboxylic acids is 2. The molecule has 146 valence electrons. The molecule has 1 saturated heterocycles. The summed E-state index contributed by atoms with van der Waals surface area (Å²) in [7, 11) is 1.80. The summed E-state index contributed by atoms with van der Waals surface area (Å²) in [6.07, 6.45) is 3.85. The number of piperidine rings is 1. The Kier molecular flexibility index (Phi) is 5.19. The number of H-pyrrole nitrogens is 1. The van der Waals surface area contributed by atoms with Gasteiger partial charge in [0.15, 0.2) is 0 Å². The van der Waals surface area contributed by atoms with Crippen LogP contribution < -0.4 is 0 Å². The fourth-order valence-electron chi connectivity index (χ4n) is 3.83. The van der Waals surface area contributed by atoms with Gasteiger partial charge in [0, 0.05) is 37.5 Å². The van der Waals surface area contributed by atoms with Gasteiger partial charge in [0.05, 0.1) is 12.8 Å². The molecule has 28 heavy (non-hydrogen) atoms. The number of aromatic nitrogens is 1. The van der Waals surface area contributed by atoms with Crippen molar-refractivity contribution in [3.63, 3.8) is 0 Å². The SMILES string of the molecule is CN(Cc1ccco1)C(=O)CC1CCN(C(=O)c2cc3ccccc3[nH]2)CC1. The van der Waals surface area contributed by atoms with Crippen LogP contribution in [0.25, 0.3) is 10.9 Å². The fraction of sp³-hybridized carbons (Fsp3) is 0.364. The van der Waals surface area contributed by atoms with Crippen molar-refractivity contribution >= 4 is 22.7 Å². The number of nitrogens with zero attached hydrogens (tertiary/aromatic N) is 2. The van der Waals surface area contributed by atoms with Crippen LogP contribution in [0.4, 0.5) is 0 Å². The molecule has 0 radical (unpaired) electrons. The molecule has 0 aliphatic carbocycles. The summed E-state index contributed by atoms with van der Waals surface area (Å²) in [4.78, 5) is 32.1. The summed E-state index contributed by atoms with van der Waals surface area (Å²) in [5.74, 6) is 1.26. The first-order chi connectivity index (χ1) is 13.6. The molecule has 1 aliphatic heterocycles. The van der Waals surface area contributed by atoms with Gasteiger partial charge >= 0.3 is 0 Å². The highest BCUT2D eigenvalue weighted by molar-refractivity contribution is 5.98. The largest absolute Gasteiger partial charge is 0.467 e. The molecule has 0 unspecified atom stereocenters. The zero-order valence-corrected chi connectivity index (χ0v) is 16.1. The van der Waals surface area contributed by atoms with Gasteiger partial charge in [-0.1, -0.05) is 18.2 Å². The summed E-state index contributed by atoms with van der Waals surface area (Å²) in [5, 5.41) is 1.05. The highest BCUT2D eigenvalue weighted by atomic mass is 16.3. The number of hydrogen-bond acceptors (Lipinski definition) is 3. The third-order valence-corrected chi connectivity index (χ3v) is 5.52. The minimum Gasteiger partial charge on any atom is -0.467 e. The number of hydrogen-bond donors (Lipinski definition) is 1. The number of para-hydroxylation sites is 1. The lowest BCUT2D eigenvalue weighted by molar-refractivity contribution is -0.131. The molecule has 6 heteroatoms. The van der Waals surface area contributed by atoms with Crippen molar-refractivity contribution in [1.29, 1.82) is 0 Å². The monoisotopic (exact) mass is 379 g/mol. The highest BCUT2D eigenvalue weighted by Crippen LogP contribution is 2.24. The van der Waals surface area contributed by atoms with E-state index in [-0.39, 0.29) is 11.8 Å². The van der Waals surface area contributed by atoms with E-state index in [9.17, 15) is 9.59 Å². The van der Waals surface area contributed by atoms with Crippen molar-refractivity contribution in [3.05, 3.63) is 60.2 Å². The van der Waals surface area contributed by atoms with E-state index in [1.165, 1.54) is 0 Å². The van der Waals surface area contributed by atoms with Gasteiger partial charge in [-0.3, -0.25) is 9.59 Å². The number of benzene rings is 1. The summed E-state index contributed by atoms with van der Waals surface area (Å²) < 4.78 is 5.31. The fourth-order valence-corrected chi connectivity index (χ4v) is 3.83. The van der Waals surface area contributed by atoms with E-state index < -0.39 is 0 Å². The Morgan fingerprint density at radius 1 is 1.18 bits per heavy atom. The first-order valence-corrected chi connectivity index (χ1v) is 9.73. The molecule has 3 heterocycles. The standard InChI is InChI=1S/C22H25N3O3/c1-24(15-18-6-4-12-28-18)21(26)13-16-8-10-25(11-9-16)22(27)20-14-17-5-2-3-7-19(17)23-20/h2-7,12,14,16,23H,8-11,13,15H2,1H3. The second kappa shape index (κ2) is 7.92. The number of fused-ring (bicyclic) bond motifs is 1. The second-order valence-corrected chi connectivity index (χ2v) is 7.54. The lowest BCUT2D eigenvalue weighted by atomic mass is 9.93. The predicted octanol–water partition coefficient (Wildman–Crippen LogP) is 3.66. The number of carbonyl (C=O) groups is 2. The maximum absolute atomic E-state index is 12.8. The molecular weight excluding hydrogens is 354 g/mol. The van der Waals surface area contributed by atoms with Gasteiger partial charge < -0.3 is 19.2 Å². The number of likely N-dealkylation sites (tertiary alicyclic amines) is 1. The molecule has 4 rings (SSSR count). The van der Waals surface area contributed by atoms with E-state index in [0.717, 1.165) is 29.5 Å². The number of aromatic amines is 1. The Balaban J connectivity index is 1.29. The maximum atomic E-state index is 12.8. The van der Waals surface area contributed by atoms with Crippen molar-refractivity contribution in [2.75, 3.05) is 20.1 Å². The zero-order chi connectivity index (χ0) is 19.5. The number of nitrogens with one attached hydrogen (secondary N) is 1. The lowest BCUT2D eigenvalue weighted by Crippen LogP contribution is -2.40. The normalized spacial score (nSPS) is 15.1. The average Bonchev–Trinajstić information content (AvgIpc) is 3.37. The van der Waals surface area contributed by atoms with E-state index in [1.54, 1.807) is 18.2 Å². The van der Waals surface area contributed by atoms with Crippen molar-refractivity contribution in [3.8, 4) is 0 Å². The molecular formula is C22H25N3O3. The van der Waals surface area contributed by atoms with Gasteiger partial charge in [-0.2, -0.15) is 0 Å². The Morgan fingerprint density at radius 2 is 1.96 bits per heavy atom. The smallest absolute Gasteiger partial charge is 0.270 e. The van der Waals surface area contributed by atoms with E-state index in [1.807, 2.05) is 47.4 Å². The van der Waals surface area contributed by atoms with Crippen LogP contribution in [0.3, 0.4) is 0 Å². The highest BCUT2D eigenvalue weighted by Gasteiger charge is 2.26. The third kappa shape index (κ3) is 3.96. The molecule has 1 aliphatic rings. The second-order valence-electron chi connectivity index (χ2n) is 7.54. The van der Waals surface area contributed by atoms with Gasteiger partial charge in [0.1, 0.15) is 11.5 Å². The van der Waals surface area contributed by atoms with Gasteiger partial charge in [0.2, 0.25) is 5.91 Å². The first kappa shape index (κ1) is 18.3. The minimum absolute atomic E-state index is 0.0379. The maximum Gasteiger partial charge on any atom is 0.270 e. The van der Waals surface area contributed by atoms with Gasteiger partial charge in [0.25, 0.3) is 5.91 Å². The summed E-state index contributed by atoms with van der Waals surface area (Å²) in [5.41, 5.74) is 1.61. The molecule has 0 bridgehead atoms. The van der Waals surface area contributed by atoms with Gasteiger partial charge in [-0.25, -0.2) is 0 Å². The minimum atomic E-state index is 0.0379. The van der Waals surface area contributed by atoms with Gasteiger partial charge in [-0.05, 0) is 43.0 Å². The molecule has 0 saturated carbocycles. The van der Waals surface area contributed by atoms with Crippen molar-refractivity contribution in [2.45, 2.75) is 25.8 Å². The average molecular weight is 379 g/mol. The Morgan fingerprint density at radius 3 is 2.68 bits per heavy atom. The van der Waals surface area contributed by atoms with E-state index >= 15 is 0 Å². The zero-order valence-electron chi connectivity index (χ0n) is 16.1. The molecule has 2 amide bonds. The Labute approximate surface area is 164 Å². The van der Waals surface area contributed by atoms with Crippen molar-refractivity contribution < 1.29 is 14.0 Å². The summed E-state index contributed by atoms with van der Waals surface area (Å²) in [6.45, 7) is 1.87. The lowest BCUT2D eigenvalue weighted by Gasteiger charge is -2.32. The molecule has 1 aromatic carbocycles. The quantitative estimate of drug-likeness (QED) is 0.735. The molecule has 0 spiro atoms. The third-order valence-electron chi connectivity index (χ3n) is 5.52. The molecule has 3 aromatic rings. The molecule has 0 atom stereocenters. The van der Waals surface area contributed by atoms with Crippen molar-refractivity contribution in [2.24, 2.45) is 5.92 Å². The van der Waals surface area contributed by atoms with Crippen LogP contribution in [0, 0.1) is 5.92 Å². The van der Waals surface area contributed by atoms with Crippen LogP contribution in [0.2, 0.25) is 0 Å².